The molecule has 0 saturated heterocycles. The van der Waals surface area contributed by atoms with Gasteiger partial charge >= 0.3 is 0 Å². The number of rotatable bonds is 8. The lowest BCUT2D eigenvalue weighted by molar-refractivity contribution is -0.131. The van der Waals surface area contributed by atoms with Crippen molar-refractivity contribution in [1.82, 2.24) is 4.90 Å². The van der Waals surface area contributed by atoms with Crippen molar-refractivity contribution in [3.05, 3.63) is 71.3 Å². The lowest BCUT2D eigenvalue weighted by Gasteiger charge is -2.23. The second-order valence-electron chi connectivity index (χ2n) is 5.93. The number of hydrogen-bond donors (Lipinski definition) is 1. The highest BCUT2D eigenvalue weighted by Crippen LogP contribution is 2.10. The Morgan fingerprint density at radius 1 is 1.00 bits per heavy atom. The van der Waals surface area contributed by atoms with Crippen molar-refractivity contribution >= 4 is 18.3 Å². The predicted octanol–water partition coefficient (Wildman–Crippen LogP) is 3.73. The summed E-state index contributed by atoms with van der Waals surface area (Å²) in [5, 5.41) is 0. The molecule has 3 nitrogen and oxygen atoms in total. The van der Waals surface area contributed by atoms with E-state index in [9.17, 15) is 4.79 Å². The molecule has 0 atom stereocenters. The van der Waals surface area contributed by atoms with Crippen molar-refractivity contribution in [3.63, 3.8) is 0 Å². The smallest absolute Gasteiger partial charge is 0.223 e. The minimum Gasteiger partial charge on any atom is -0.338 e. The molecule has 130 valence electrons. The average Bonchev–Trinajstić information content (AvgIpc) is 2.58. The number of carbonyl (C=O) groups excluding carboxylic acids is 1. The summed E-state index contributed by atoms with van der Waals surface area (Å²) in [7, 11) is 0. The van der Waals surface area contributed by atoms with E-state index < -0.39 is 0 Å². The van der Waals surface area contributed by atoms with Gasteiger partial charge in [0.25, 0.3) is 0 Å². The number of nitrogens with zero attached hydrogens (tertiary/aromatic N) is 1. The van der Waals surface area contributed by atoms with E-state index in [-0.39, 0.29) is 18.3 Å². The molecule has 4 heteroatoms. The van der Waals surface area contributed by atoms with Crippen molar-refractivity contribution in [2.24, 2.45) is 5.73 Å². The van der Waals surface area contributed by atoms with E-state index in [4.69, 9.17) is 5.73 Å². The molecule has 2 rings (SSSR count). The quantitative estimate of drug-likeness (QED) is 0.791. The Morgan fingerprint density at radius 3 is 2.29 bits per heavy atom. The van der Waals surface area contributed by atoms with Crippen LogP contribution in [0.5, 0.6) is 0 Å². The van der Waals surface area contributed by atoms with Gasteiger partial charge in [-0.25, -0.2) is 0 Å². The molecule has 0 heterocycles. The van der Waals surface area contributed by atoms with Crippen molar-refractivity contribution in [3.8, 4) is 0 Å². The van der Waals surface area contributed by atoms with Crippen molar-refractivity contribution in [1.29, 1.82) is 0 Å². The van der Waals surface area contributed by atoms with Gasteiger partial charge in [-0.15, -0.1) is 12.4 Å². The van der Waals surface area contributed by atoms with Gasteiger partial charge in [-0.1, -0.05) is 60.2 Å². The summed E-state index contributed by atoms with van der Waals surface area (Å²) in [5.41, 5.74) is 9.23. The van der Waals surface area contributed by atoms with Gasteiger partial charge < -0.3 is 10.6 Å². The number of amides is 1. The van der Waals surface area contributed by atoms with Crippen LogP contribution in [0.1, 0.15) is 29.5 Å². The summed E-state index contributed by atoms with van der Waals surface area (Å²) in [4.78, 5) is 14.5. The van der Waals surface area contributed by atoms with Crippen molar-refractivity contribution in [2.75, 3.05) is 13.1 Å². The average molecular weight is 347 g/mol. The zero-order chi connectivity index (χ0) is 16.5. The summed E-state index contributed by atoms with van der Waals surface area (Å²) in [6.07, 6.45) is 2.16. The molecule has 2 N–H and O–H groups in total. The van der Waals surface area contributed by atoms with Crippen LogP contribution in [-0.4, -0.2) is 23.9 Å². The zero-order valence-electron chi connectivity index (χ0n) is 14.3. The molecule has 0 aliphatic carbocycles. The van der Waals surface area contributed by atoms with Gasteiger partial charge in [0.15, 0.2) is 0 Å². The standard InChI is InChI=1S/C20H26N2O.ClH/c1-17-8-10-18(11-9-17)12-13-20(23)22(15-5-14-21)16-19-6-3-2-4-7-19;/h2-4,6-11H,5,12-16,21H2,1H3;1H. The van der Waals surface area contributed by atoms with Gasteiger partial charge in [0.2, 0.25) is 5.91 Å². The lowest BCUT2D eigenvalue weighted by atomic mass is 10.1. The molecule has 0 unspecified atom stereocenters. The predicted molar refractivity (Wildman–Crippen MR) is 102 cm³/mol. The van der Waals surface area contributed by atoms with E-state index >= 15 is 0 Å². The highest BCUT2D eigenvalue weighted by Gasteiger charge is 2.13. The highest BCUT2D eigenvalue weighted by atomic mass is 35.5. The molecule has 0 bridgehead atoms. The second kappa shape index (κ2) is 10.8. The van der Waals surface area contributed by atoms with E-state index in [1.54, 1.807) is 0 Å². The van der Waals surface area contributed by atoms with Crippen LogP contribution in [0, 0.1) is 6.92 Å². The summed E-state index contributed by atoms with van der Waals surface area (Å²) in [5.74, 6) is 0.197. The molecule has 0 aliphatic rings. The monoisotopic (exact) mass is 346 g/mol. The molecule has 2 aromatic carbocycles. The van der Waals surface area contributed by atoms with Crippen LogP contribution in [0.3, 0.4) is 0 Å². The lowest BCUT2D eigenvalue weighted by Crippen LogP contribution is -2.32. The van der Waals surface area contributed by atoms with Gasteiger partial charge in [0, 0.05) is 19.5 Å². The third kappa shape index (κ3) is 6.73. The molecule has 0 saturated carbocycles. The van der Waals surface area contributed by atoms with Gasteiger partial charge in [-0.3, -0.25) is 4.79 Å². The molecule has 0 fully saturated rings. The van der Waals surface area contributed by atoms with Crippen LogP contribution in [0.15, 0.2) is 54.6 Å². The number of carbonyl (C=O) groups is 1. The SMILES string of the molecule is Cc1ccc(CCC(=O)N(CCCN)Cc2ccccc2)cc1.Cl. The molecular weight excluding hydrogens is 320 g/mol. The summed E-state index contributed by atoms with van der Waals surface area (Å²) in [6.45, 7) is 4.06. The van der Waals surface area contributed by atoms with E-state index in [0.29, 0.717) is 19.5 Å². The van der Waals surface area contributed by atoms with Gasteiger partial charge in [-0.05, 0) is 37.4 Å². The number of hydrogen-bond acceptors (Lipinski definition) is 2. The minimum atomic E-state index is 0. The first-order valence-electron chi connectivity index (χ1n) is 8.26. The van der Waals surface area contributed by atoms with Crippen LogP contribution in [0.4, 0.5) is 0 Å². The first-order chi connectivity index (χ1) is 11.2. The normalized spacial score (nSPS) is 10.1. The number of aryl methyl sites for hydroxylation is 2. The fraction of sp³-hybridized carbons (Fsp3) is 0.350. The Labute approximate surface area is 151 Å². The van der Waals surface area contributed by atoms with Gasteiger partial charge in [0.1, 0.15) is 0 Å². The molecule has 0 aliphatic heterocycles. The van der Waals surface area contributed by atoms with Crippen LogP contribution in [-0.2, 0) is 17.8 Å². The van der Waals surface area contributed by atoms with Crippen molar-refractivity contribution < 1.29 is 4.79 Å². The first kappa shape index (κ1) is 20.2. The summed E-state index contributed by atoms with van der Waals surface area (Å²) >= 11 is 0. The third-order valence-electron chi connectivity index (χ3n) is 3.95. The Bertz CT molecular complexity index is 599. The topological polar surface area (TPSA) is 46.3 Å². The van der Waals surface area contributed by atoms with Crippen LogP contribution >= 0.6 is 12.4 Å². The largest absolute Gasteiger partial charge is 0.338 e. The van der Waals surface area contributed by atoms with Crippen molar-refractivity contribution in [2.45, 2.75) is 32.7 Å². The molecule has 2 aromatic rings. The van der Waals surface area contributed by atoms with E-state index in [2.05, 4.69) is 43.3 Å². The maximum atomic E-state index is 12.6. The Hall–Kier alpha value is -1.84. The zero-order valence-corrected chi connectivity index (χ0v) is 15.1. The number of benzene rings is 2. The second-order valence-corrected chi connectivity index (χ2v) is 5.93. The van der Waals surface area contributed by atoms with Crippen LogP contribution < -0.4 is 5.73 Å². The maximum absolute atomic E-state index is 12.6. The van der Waals surface area contributed by atoms with Gasteiger partial charge in [-0.2, -0.15) is 0 Å². The molecule has 0 spiro atoms. The minimum absolute atomic E-state index is 0. The molecule has 1 amide bonds. The number of halogens is 1. The van der Waals surface area contributed by atoms with Crippen LogP contribution in [0.25, 0.3) is 0 Å². The third-order valence-corrected chi connectivity index (χ3v) is 3.95. The Kier molecular flexibility index (Phi) is 9.13. The molecule has 24 heavy (non-hydrogen) atoms. The van der Waals surface area contributed by atoms with E-state index in [1.165, 1.54) is 11.1 Å². The first-order valence-corrected chi connectivity index (χ1v) is 8.26. The fourth-order valence-electron chi connectivity index (χ4n) is 2.54. The fourth-order valence-corrected chi connectivity index (χ4v) is 2.54. The van der Waals surface area contributed by atoms with E-state index in [1.807, 2.05) is 23.1 Å². The molecule has 0 aromatic heterocycles. The highest BCUT2D eigenvalue weighted by molar-refractivity contribution is 5.85. The van der Waals surface area contributed by atoms with E-state index in [0.717, 1.165) is 24.9 Å². The maximum Gasteiger partial charge on any atom is 0.223 e. The number of nitrogens with two attached hydrogens (primary N) is 1. The summed E-state index contributed by atoms with van der Waals surface area (Å²) < 4.78 is 0. The Balaban J connectivity index is 0.00000288. The van der Waals surface area contributed by atoms with Crippen LogP contribution in [0.2, 0.25) is 0 Å². The van der Waals surface area contributed by atoms with Gasteiger partial charge in [0.05, 0.1) is 0 Å². The summed E-state index contributed by atoms with van der Waals surface area (Å²) in [6, 6.07) is 18.5. The molecule has 0 radical (unpaired) electrons. The molecular formula is C20H27ClN2O. The Morgan fingerprint density at radius 2 is 1.67 bits per heavy atom.